The predicted molar refractivity (Wildman–Crippen MR) is 161 cm³/mol. The van der Waals surface area contributed by atoms with Crippen LogP contribution in [0.5, 0.6) is 0 Å². The fourth-order valence-corrected chi connectivity index (χ4v) is 7.13. The second-order valence-corrected chi connectivity index (χ2v) is 12.0. The Labute approximate surface area is 220 Å². The average molecular weight is 479 g/mol. The Morgan fingerprint density at radius 3 is 1.81 bits per heavy atom. The standard InChI is InChI=1S/C37H34/c1-6-37(7-2)32-21-26(15-18-29(32)30-20-16-27(22-33(30)37)36(3,4)5)28-17-13-25-12-11-23-9-8-10-24-14-19-31(28)35(25)34(23)24/h8-22H,6-7H2,1-5H3. The van der Waals surface area contributed by atoms with Gasteiger partial charge >= 0.3 is 0 Å². The van der Waals surface area contributed by atoms with Crippen LogP contribution in [-0.2, 0) is 10.8 Å². The lowest BCUT2D eigenvalue weighted by Gasteiger charge is -2.31. The van der Waals surface area contributed by atoms with Gasteiger partial charge in [-0.25, -0.2) is 0 Å². The van der Waals surface area contributed by atoms with Gasteiger partial charge in [0.05, 0.1) is 0 Å². The van der Waals surface area contributed by atoms with Crippen molar-refractivity contribution in [1.29, 1.82) is 0 Å². The second kappa shape index (κ2) is 7.68. The van der Waals surface area contributed by atoms with Crippen molar-refractivity contribution in [2.24, 2.45) is 0 Å². The lowest BCUT2D eigenvalue weighted by atomic mass is 9.72. The zero-order chi connectivity index (χ0) is 25.5. The summed E-state index contributed by atoms with van der Waals surface area (Å²) in [6, 6.07) is 35.0. The van der Waals surface area contributed by atoms with Gasteiger partial charge in [-0.3, -0.25) is 0 Å². The molecule has 6 aromatic rings. The highest BCUT2D eigenvalue weighted by molar-refractivity contribution is 6.25. The minimum Gasteiger partial charge on any atom is -0.0642 e. The number of benzene rings is 6. The second-order valence-electron chi connectivity index (χ2n) is 12.0. The molecular weight excluding hydrogens is 444 g/mol. The largest absolute Gasteiger partial charge is 0.0642 e. The van der Waals surface area contributed by atoms with E-state index in [1.165, 1.54) is 71.3 Å². The summed E-state index contributed by atoms with van der Waals surface area (Å²) in [5.41, 5.74) is 10.2. The van der Waals surface area contributed by atoms with Crippen LogP contribution in [0.4, 0.5) is 0 Å². The highest BCUT2D eigenvalue weighted by atomic mass is 14.4. The summed E-state index contributed by atoms with van der Waals surface area (Å²) in [7, 11) is 0. The number of rotatable bonds is 3. The quantitative estimate of drug-likeness (QED) is 0.222. The summed E-state index contributed by atoms with van der Waals surface area (Å²) < 4.78 is 0. The van der Waals surface area contributed by atoms with Crippen LogP contribution in [0, 0.1) is 0 Å². The Hall–Kier alpha value is -3.64. The van der Waals surface area contributed by atoms with Gasteiger partial charge in [-0.1, -0.05) is 120 Å². The minimum atomic E-state index is 0.0612. The van der Waals surface area contributed by atoms with E-state index in [9.17, 15) is 0 Å². The Morgan fingerprint density at radius 1 is 0.568 bits per heavy atom. The third-order valence-electron chi connectivity index (χ3n) is 9.27. The first-order valence-corrected chi connectivity index (χ1v) is 13.8. The van der Waals surface area contributed by atoms with Gasteiger partial charge in [0, 0.05) is 5.41 Å². The molecule has 0 saturated heterocycles. The normalized spacial score (nSPS) is 14.5. The van der Waals surface area contributed by atoms with Crippen LogP contribution in [-0.4, -0.2) is 0 Å². The molecule has 0 heteroatoms. The van der Waals surface area contributed by atoms with E-state index in [2.05, 4.69) is 126 Å². The zero-order valence-electron chi connectivity index (χ0n) is 22.6. The molecule has 0 unspecified atom stereocenters. The molecule has 0 N–H and O–H groups in total. The van der Waals surface area contributed by atoms with Gasteiger partial charge in [-0.05, 0) is 95.6 Å². The Morgan fingerprint density at radius 2 is 1.14 bits per heavy atom. The van der Waals surface area contributed by atoms with E-state index >= 15 is 0 Å². The van der Waals surface area contributed by atoms with Crippen molar-refractivity contribution in [2.45, 2.75) is 58.3 Å². The smallest absolute Gasteiger partial charge is 0.0210 e. The van der Waals surface area contributed by atoms with Gasteiger partial charge in [0.2, 0.25) is 0 Å². The molecule has 1 aliphatic rings. The Balaban J connectivity index is 1.48. The zero-order valence-corrected chi connectivity index (χ0v) is 22.6. The summed E-state index contributed by atoms with van der Waals surface area (Å²) in [6.07, 6.45) is 2.22. The molecule has 0 aliphatic heterocycles. The van der Waals surface area contributed by atoms with Crippen LogP contribution in [0.3, 0.4) is 0 Å². The topological polar surface area (TPSA) is 0 Å². The molecule has 0 radical (unpaired) electrons. The summed E-state index contributed by atoms with van der Waals surface area (Å²) in [5, 5.41) is 8.10. The molecule has 0 amide bonds. The van der Waals surface area contributed by atoms with Crippen LogP contribution in [0.25, 0.3) is 54.6 Å². The molecule has 0 nitrogen and oxygen atoms in total. The fourth-order valence-electron chi connectivity index (χ4n) is 7.13. The molecule has 0 spiro atoms. The molecule has 0 heterocycles. The SMILES string of the molecule is CCC1(CC)c2cc(-c3ccc4ccc5cccc6ccc3c4c56)ccc2-c2ccc(C(C)(C)C)cc21. The molecule has 0 atom stereocenters. The third-order valence-corrected chi connectivity index (χ3v) is 9.27. The van der Waals surface area contributed by atoms with Crippen molar-refractivity contribution in [3.8, 4) is 22.3 Å². The fraction of sp³-hybridized carbons (Fsp3) is 0.243. The van der Waals surface area contributed by atoms with E-state index in [-0.39, 0.29) is 10.8 Å². The first kappa shape index (κ1) is 22.5. The van der Waals surface area contributed by atoms with Crippen LogP contribution in [0.2, 0.25) is 0 Å². The van der Waals surface area contributed by atoms with Gasteiger partial charge in [0.25, 0.3) is 0 Å². The van der Waals surface area contributed by atoms with Crippen LogP contribution in [0.1, 0.15) is 64.2 Å². The van der Waals surface area contributed by atoms with Crippen molar-refractivity contribution >= 4 is 32.3 Å². The highest BCUT2D eigenvalue weighted by Gasteiger charge is 2.41. The lowest BCUT2D eigenvalue weighted by molar-refractivity contribution is 0.488. The monoisotopic (exact) mass is 478 g/mol. The average Bonchev–Trinajstić information content (AvgIpc) is 3.20. The first-order valence-electron chi connectivity index (χ1n) is 13.8. The summed E-state index contributed by atoms with van der Waals surface area (Å²) >= 11 is 0. The maximum atomic E-state index is 2.52. The molecule has 37 heavy (non-hydrogen) atoms. The van der Waals surface area contributed by atoms with Gasteiger partial charge in [-0.2, -0.15) is 0 Å². The summed E-state index contributed by atoms with van der Waals surface area (Å²) in [6.45, 7) is 11.7. The van der Waals surface area contributed by atoms with Crippen LogP contribution < -0.4 is 0 Å². The maximum Gasteiger partial charge on any atom is 0.0210 e. The van der Waals surface area contributed by atoms with Crippen molar-refractivity contribution in [3.63, 3.8) is 0 Å². The molecule has 0 saturated carbocycles. The summed E-state index contributed by atoms with van der Waals surface area (Å²) in [5.74, 6) is 0. The van der Waals surface area contributed by atoms with Crippen molar-refractivity contribution in [3.05, 3.63) is 108 Å². The molecular formula is C37H34. The molecule has 0 fully saturated rings. The number of fused-ring (bicyclic) bond motifs is 3. The number of hydrogen-bond acceptors (Lipinski definition) is 0. The molecule has 182 valence electrons. The van der Waals surface area contributed by atoms with Crippen molar-refractivity contribution in [2.75, 3.05) is 0 Å². The highest BCUT2D eigenvalue weighted by Crippen LogP contribution is 2.54. The van der Waals surface area contributed by atoms with E-state index in [1.807, 2.05) is 0 Å². The predicted octanol–water partition coefficient (Wildman–Crippen LogP) is 10.6. The van der Waals surface area contributed by atoms with Crippen molar-refractivity contribution < 1.29 is 0 Å². The van der Waals surface area contributed by atoms with E-state index in [1.54, 1.807) is 0 Å². The molecule has 7 rings (SSSR count). The van der Waals surface area contributed by atoms with Gasteiger partial charge in [0.1, 0.15) is 0 Å². The Kier molecular flexibility index (Phi) is 4.68. The number of hydrogen-bond donors (Lipinski definition) is 0. The van der Waals surface area contributed by atoms with E-state index in [4.69, 9.17) is 0 Å². The van der Waals surface area contributed by atoms with Crippen LogP contribution in [0.15, 0.2) is 91.0 Å². The van der Waals surface area contributed by atoms with Crippen molar-refractivity contribution in [1.82, 2.24) is 0 Å². The molecule has 0 bridgehead atoms. The van der Waals surface area contributed by atoms with Gasteiger partial charge in [-0.15, -0.1) is 0 Å². The van der Waals surface area contributed by atoms with Gasteiger partial charge in [0.15, 0.2) is 0 Å². The molecule has 6 aromatic carbocycles. The maximum absolute atomic E-state index is 2.52. The first-order chi connectivity index (χ1) is 17.9. The minimum absolute atomic E-state index is 0.0612. The van der Waals surface area contributed by atoms with Gasteiger partial charge < -0.3 is 0 Å². The van der Waals surface area contributed by atoms with E-state index in [0.717, 1.165) is 12.8 Å². The molecule has 1 aliphatic carbocycles. The van der Waals surface area contributed by atoms with Crippen LogP contribution >= 0.6 is 0 Å². The Bertz CT molecular complexity index is 1810. The molecule has 0 aromatic heterocycles. The third kappa shape index (κ3) is 3.02. The lowest BCUT2D eigenvalue weighted by Crippen LogP contribution is -2.24. The van der Waals surface area contributed by atoms with E-state index < -0.39 is 0 Å². The summed E-state index contributed by atoms with van der Waals surface area (Å²) in [4.78, 5) is 0. The van der Waals surface area contributed by atoms with E-state index in [0.29, 0.717) is 0 Å².